The molecule has 1 amide bonds. The van der Waals surface area contributed by atoms with E-state index in [0.29, 0.717) is 0 Å². The van der Waals surface area contributed by atoms with Gasteiger partial charge < -0.3 is 28.8 Å². The molecule has 1 aromatic carbocycles. The van der Waals surface area contributed by atoms with Crippen molar-refractivity contribution in [1.29, 1.82) is 0 Å². The maximum absolute atomic E-state index is 13.1. The summed E-state index contributed by atoms with van der Waals surface area (Å²) >= 11 is 18.7. The van der Waals surface area contributed by atoms with E-state index in [1.807, 2.05) is 0 Å². The van der Waals surface area contributed by atoms with Gasteiger partial charge in [0, 0.05) is 37.5 Å². The predicted molar refractivity (Wildman–Crippen MR) is 128 cm³/mol. The lowest BCUT2D eigenvalue weighted by atomic mass is 10.0. The van der Waals surface area contributed by atoms with Gasteiger partial charge in [-0.05, 0) is 12.1 Å². The standard InChI is InChI=1S/C22H15Cl3F3N5O5/c1-32-7-10(5-21(35,36)20(32)34)37-16-4-12(23)11(3-13(16)24)17-30-19(38-31-17)15-8-33-6-9(22(26,27)28)2-14(25)18(33)29-15/h2-4,6,8,10,35-36H,5,7H2,1H3. The number of ether oxygens (including phenoxy) is 1. The van der Waals surface area contributed by atoms with E-state index in [1.165, 1.54) is 25.4 Å². The molecule has 1 aliphatic rings. The van der Waals surface area contributed by atoms with Gasteiger partial charge in [0.05, 0.1) is 27.2 Å². The highest BCUT2D eigenvalue weighted by Gasteiger charge is 2.44. The Labute approximate surface area is 226 Å². The van der Waals surface area contributed by atoms with E-state index < -0.39 is 29.5 Å². The lowest BCUT2D eigenvalue weighted by Crippen LogP contribution is -2.58. The van der Waals surface area contributed by atoms with Gasteiger partial charge in [0.25, 0.3) is 11.8 Å². The van der Waals surface area contributed by atoms with Crippen LogP contribution in [0.2, 0.25) is 15.1 Å². The fraction of sp³-hybridized carbons (Fsp3) is 0.273. The maximum atomic E-state index is 13.1. The van der Waals surface area contributed by atoms with Gasteiger partial charge in [-0.25, -0.2) is 4.98 Å². The van der Waals surface area contributed by atoms with Crippen LogP contribution >= 0.6 is 34.8 Å². The SMILES string of the molecule is CN1CC(Oc2cc(Cl)c(-c3noc(-c4cn5cc(C(F)(F)F)cc(Cl)c5n4)n3)cc2Cl)CC(O)(O)C1=O. The van der Waals surface area contributed by atoms with Gasteiger partial charge in [0.1, 0.15) is 17.5 Å². The topological polar surface area (TPSA) is 126 Å². The van der Waals surface area contributed by atoms with Crippen molar-refractivity contribution in [3.8, 4) is 28.7 Å². The molecule has 1 aliphatic heterocycles. The van der Waals surface area contributed by atoms with Crippen molar-refractivity contribution in [2.45, 2.75) is 24.5 Å². The van der Waals surface area contributed by atoms with E-state index in [-0.39, 0.29) is 62.4 Å². The van der Waals surface area contributed by atoms with Gasteiger partial charge in [-0.2, -0.15) is 18.2 Å². The van der Waals surface area contributed by atoms with Crippen molar-refractivity contribution >= 4 is 46.4 Å². The number of hydrogen-bond acceptors (Lipinski definition) is 8. The summed E-state index contributed by atoms with van der Waals surface area (Å²) in [7, 11) is 1.40. The van der Waals surface area contributed by atoms with Crippen molar-refractivity contribution in [1.82, 2.24) is 24.4 Å². The summed E-state index contributed by atoms with van der Waals surface area (Å²) < 4.78 is 51.4. The molecule has 3 aromatic heterocycles. The second-order valence-corrected chi connectivity index (χ2v) is 9.78. The van der Waals surface area contributed by atoms with Crippen LogP contribution in [0.3, 0.4) is 0 Å². The number of aromatic nitrogens is 4. The first-order valence-corrected chi connectivity index (χ1v) is 11.8. The highest BCUT2D eigenvalue weighted by Crippen LogP contribution is 2.38. The number of imidazole rings is 1. The van der Waals surface area contributed by atoms with Gasteiger partial charge in [0.2, 0.25) is 11.6 Å². The average molecular weight is 593 g/mol. The van der Waals surface area contributed by atoms with E-state index >= 15 is 0 Å². The number of pyridine rings is 1. The fourth-order valence-electron chi connectivity index (χ4n) is 3.96. The first-order chi connectivity index (χ1) is 17.7. The van der Waals surface area contributed by atoms with Crippen LogP contribution < -0.4 is 4.74 Å². The number of carbonyl (C=O) groups excluding carboxylic acids is 1. The van der Waals surface area contributed by atoms with Crippen LogP contribution in [0.25, 0.3) is 28.6 Å². The van der Waals surface area contributed by atoms with Gasteiger partial charge in [-0.1, -0.05) is 40.0 Å². The number of likely N-dealkylation sites (tertiary alicyclic amines) is 1. The number of piperidine rings is 1. The Morgan fingerprint density at radius 3 is 2.53 bits per heavy atom. The maximum Gasteiger partial charge on any atom is 0.417 e. The quantitative estimate of drug-likeness (QED) is 0.336. The smallest absolute Gasteiger partial charge is 0.417 e. The number of hydrogen-bond donors (Lipinski definition) is 2. The first kappa shape index (κ1) is 26.5. The largest absolute Gasteiger partial charge is 0.487 e. The van der Waals surface area contributed by atoms with Crippen molar-refractivity contribution in [2.24, 2.45) is 0 Å². The Balaban J connectivity index is 1.41. The number of rotatable bonds is 4. The molecular weight excluding hydrogens is 578 g/mol. The molecular formula is C22H15Cl3F3N5O5. The number of fused-ring (bicyclic) bond motifs is 1. The molecule has 38 heavy (non-hydrogen) atoms. The zero-order valence-corrected chi connectivity index (χ0v) is 21.3. The molecule has 10 nitrogen and oxygen atoms in total. The average Bonchev–Trinajstić information content (AvgIpc) is 3.46. The normalized spacial score (nSPS) is 17.9. The summed E-state index contributed by atoms with van der Waals surface area (Å²) in [6, 6.07) is 3.53. The van der Waals surface area contributed by atoms with Crippen molar-refractivity contribution in [3.05, 3.63) is 51.2 Å². The molecule has 4 aromatic rings. The molecule has 1 unspecified atom stereocenters. The number of amides is 1. The highest BCUT2D eigenvalue weighted by molar-refractivity contribution is 6.36. The minimum absolute atomic E-state index is 0.00492. The van der Waals surface area contributed by atoms with Crippen LogP contribution in [0.4, 0.5) is 13.2 Å². The zero-order chi connectivity index (χ0) is 27.6. The second kappa shape index (κ2) is 9.27. The molecule has 16 heteroatoms. The lowest BCUT2D eigenvalue weighted by Gasteiger charge is -2.37. The Morgan fingerprint density at radius 1 is 1.11 bits per heavy atom. The Morgan fingerprint density at radius 2 is 1.84 bits per heavy atom. The molecule has 5 rings (SSSR count). The third-order valence-corrected chi connectivity index (χ3v) is 6.60. The van der Waals surface area contributed by atoms with E-state index in [2.05, 4.69) is 15.1 Å². The second-order valence-electron chi connectivity index (χ2n) is 8.56. The van der Waals surface area contributed by atoms with E-state index in [1.54, 1.807) is 0 Å². The molecule has 0 spiro atoms. The van der Waals surface area contributed by atoms with Gasteiger partial charge in [-0.3, -0.25) is 4.79 Å². The Bertz CT molecular complexity index is 1570. The third kappa shape index (κ3) is 4.87. The van der Waals surface area contributed by atoms with Crippen LogP contribution in [0.5, 0.6) is 5.75 Å². The number of halogens is 6. The molecule has 200 valence electrons. The third-order valence-electron chi connectivity index (χ3n) is 5.71. The van der Waals surface area contributed by atoms with Gasteiger partial charge >= 0.3 is 6.18 Å². The number of likely N-dealkylation sites (N-methyl/N-ethyl adjacent to an activating group) is 1. The summed E-state index contributed by atoms with van der Waals surface area (Å²) in [5.41, 5.74) is -0.583. The lowest BCUT2D eigenvalue weighted by molar-refractivity contribution is -0.214. The highest BCUT2D eigenvalue weighted by atomic mass is 35.5. The van der Waals surface area contributed by atoms with Gasteiger partial charge in [0.15, 0.2) is 5.65 Å². The molecule has 4 heterocycles. The van der Waals surface area contributed by atoms with Crippen molar-refractivity contribution < 1.29 is 37.4 Å². The molecule has 2 N–H and O–H groups in total. The molecule has 0 radical (unpaired) electrons. The molecule has 1 fully saturated rings. The van der Waals surface area contributed by atoms with Crippen LogP contribution in [-0.4, -0.2) is 66.0 Å². The first-order valence-electron chi connectivity index (χ1n) is 10.7. The molecule has 1 saturated heterocycles. The van der Waals surface area contributed by atoms with Crippen LogP contribution in [0.15, 0.2) is 35.1 Å². The fourth-order valence-corrected chi connectivity index (χ4v) is 4.67. The van der Waals surface area contributed by atoms with Gasteiger partial charge in [-0.15, -0.1) is 0 Å². The summed E-state index contributed by atoms with van der Waals surface area (Å²) in [4.78, 5) is 21.4. The van der Waals surface area contributed by atoms with Crippen molar-refractivity contribution in [3.63, 3.8) is 0 Å². The number of carbonyl (C=O) groups is 1. The summed E-state index contributed by atoms with van der Waals surface area (Å²) in [6.07, 6.45) is -3.68. The van der Waals surface area contributed by atoms with Crippen LogP contribution in [0.1, 0.15) is 12.0 Å². The molecule has 0 aliphatic carbocycles. The van der Waals surface area contributed by atoms with E-state index in [9.17, 15) is 28.2 Å². The van der Waals surface area contributed by atoms with Crippen LogP contribution in [0, 0.1) is 0 Å². The Hall–Kier alpha value is -3.10. The summed E-state index contributed by atoms with van der Waals surface area (Å²) in [6.45, 7) is 0.0824. The van der Waals surface area contributed by atoms with E-state index in [0.717, 1.165) is 21.6 Å². The summed E-state index contributed by atoms with van der Waals surface area (Å²) in [5, 5.41) is 23.7. The molecule has 0 saturated carbocycles. The molecule has 1 atom stereocenters. The summed E-state index contributed by atoms with van der Waals surface area (Å²) in [5.74, 6) is -3.42. The number of nitrogens with zero attached hydrogens (tertiary/aromatic N) is 5. The van der Waals surface area contributed by atoms with Crippen molar-refractivity contribution in [2.75, 3.05) is 13.6 Å². The molecule has 0 bridgehead atoms. The number of benzene rings is 1. The predicted octanol–water partition coefficient (Wildman–Crippen LogP) is 4.32. The number of aliphatic hydroxyl groups is 2. The minimum Gasteiger partial charge on any atom is -0.487 e. The van der Waals surface area contributed by atoms with E-state index in [4.69, 9.17) is 44.1 Å². The monoisotopic (exact) mass is 591 g/mol. The zero-order valence-electron chi connectivity index (χ0n) is 19.0. The number of alkyl halides is 3. The minimum atomic E-state index is -4.60. The van der Waals surface area contributed by atoms with Crippen LogP contribution in [-0.2, 0) is 11.0 Å². The Kier molecular flexibility index (Phi) is 6.47.